The summed E-state index contributed by atoms with van der Waals surface area (Å²) in [6.45, 7) is 13.9. The molecular formula is C37H48N2O. The Balaban J connectivity index is 1.34. The zero-order valence-electron chi connectivity index (χ0n) is 25.6. The monoisotopic (exact) mass is 536 g/mol. The van der Waals surface area contributed by atoms with E-state index in [1.54, 1.807) is 0 Å². The summed E-state index contributed by atoms with van der Waals surface area (Å²) in [5.74, 6) is 0.825. The van der Waals surface area contributed by atoms with Crippen molar-refractivity contribution >= 4 is 22.1 Å². The zero-order valence-corrected chi connectivity index (χ0v) is 25.6. The second-order valence-corrected chi connectivity index (χ2v) is 11.3. The summed E-state index contributed by atoms with van der Waals surface area (Å²) < 4.78 is 5.99. The van der Waals surface area contributed by atoms with E-state index >= 15 is 0 Å². The van der Waals surface area contributed by atoms with Gasteiger partial charge >= 0.3 is 0 Å². The van der Waals surface area contributed by atoms with Crippen molar-refractivity contribution in [2.24, 2.45) is 0 Å². The molecule has 3 rings (SSSR count). The Morgan fingerprint density at radius 3 is 1.52 bits per heavy atom. The van der Waals surface area contributed by atoms with Crippen molar-refractivity contribution in [3.05, 3.63) is 101 Å². The summed E-state index contributed by atoms with van der Waals surface area (Å²) in [5, 5.41) is 0. The lowest BCUT2D eigenvalue weighted by Gasteiger charge is -2.06. The largest absolute Gasteiger partial charge is 0.489 e. The van der Waals surface area contributed by atoms with E-state index in [2.05, 4.69) is 76.9 Å². The summed E-state index contributed by atoms with van der Waals surface area (Å²) in [6, 6.07) is 13.9. The number of ether oxygens (including phenoxy) is 1. The van der Waals surface area contributed by atoms with Crippen molar-refractivity contribution in [1.82, 2.24) is 9.97 Å². The van der Waals surface area contributed by atoms with Crippen LogP contribution in [0.1, 0.15) is 92.9 Å². The molecule has 1 aromatic heterocycles. The van der Waals surface area contributed by atoms with Gasteiger partial charge in [-0.25, -0.2) is 9.97 Å². The Labute approximate surface area is 242 Å². The molecule has 1 heterocycles. The molecule has 3 heteroatoms. The van der Waals surface area contributed by atoms with Gasteiger partial charge in [-0.3, -0.25) is 0 Å². The molecule has 0 N–H and O–H groups in total. The van der Waals surface area contributed by atoms with Crippen molar-refractivity contribution in [3.8, 4) is 5.75 Å². The number of rotatable bonds is 15. The third-order valence-corrected chi connectivity index (χ3v) is 7.18. The highest BCUT2D eigenvalue weighted by Crippen LogP contribution is 2.21. The fourth-order valence-corrected chi connectivity index (χ4v) is 4.61. The van der Waals surface area contributed by atoms with E-state index in [0.717, 1.165) is 66.3 Å². The van der Waals surface area contributed by atoms with E-state index in [0.29, 0.717) is 6.61 Å². The van der Waals surface area contributed by atoms with Crippen LogP contribution in [-0.2, 0) is 0 Å². The predicted octanol–water partition coefficient (Wildman–Crippen LogP) is 11.0. The van der Waals surface area contributed by atoms with Gasteiger partial charge in [0.2, 0.25) is 0 Å². The predicted molar refractivity (Wildman–Crippen MR) is 174 cm³/mol. The molecule has 0 fully saturated rings. The van der Waals surface area contributed by atoms with Crippen LogP contribution in [0, 0.1) is 0 Å². The molecular weight excluding hydrogens is 488 g/mol. The molecule has 3 nitrogen and oxygen atoms in total. The van der Waals surface area contributed by atoms with Crippen LogP contribution in [0.3, 0.4) is 0 Å². The fourth-order valence-electron chi connectivity index (χ4n) is 4.61. The molecule has 0 aliphatic carbocycles. The first-order valence-electron chi connectivity index (χ1n) is 14.9. The maximum Gasteiger partial charge on any atom is 0.122 e. The summed E-state index contributed by atoms with van der Waals surface area (Å²) in [6.07, 6.45) is 20.8. The van der Waals surface area contributed by atoms with Crippen LogP contribution < -0.4 is 4.74 Å². The standard InChI is InChI=1S/C37H48N2O/c1-28(2)13-9-14-29(3)15-10-16-30(4)17-11-18-31(5)19-12-20-32(6)25-26-40-33-23-24-36-37(27-33)39-35-22-8-7-21-34(35)38-36/h7-8,13,15,17,19,21-25,27H,9-12,14,16,18,20,26H2,1-6H3/b29-15+,30-17+,31-19+,32-25+. The van der Waals surface area contributed by atoms with Crippen LogP contribution in [0.5, 0.6) is 5.75 Å². The molecule has 0 spiro atoms. The molecule has 40 heavy (non-hydrogen) atoms. The lowest BCUT2D eigenvalue weighted by atomic mass is 10.0. The quantitative estimate of drug-likeness (QED) is 0.143. The molecule has 0 radical (unpaired) electrons. The topological polar surface area (TPSA) is 35.0 Å². The highest BCUT2D eigenvalue weighted by molar-refractivity contribution is 5.86. The number of hydrogen-bond donors (Lipinski definition) is 0. The number of hydrogen-bond acceptors (Lipinski definition) is 3. The maximum atomic E-state index is 5.99. The van der Waals surface area contributed by atoms with Gasteiger partial charge in [0.25, 0.3) is 0 Å². The summed E-state index contributed by atoms with van der Waals surface area (Å²) >= 11 is 0. The van der Waals surface area contributed by atoms with Gasteiger partial charge < -0.3 is 4.74 Å². The molecule has 0 bridgehead atoms. The van der Waals surface area contributed by atoms with Gasteiger partial charge in [-0.1, -0.05) is 64.3 Å². The summed E-state index contributed by atoms with van der Waals surface area (Å²) in [4.78, 5) is 9.42. The van der Waals surface area contributed by atoms with Gasteiger partial charge in [0, 0.05) is 6.07 Å². The highest BCUT2D eigenvalue weighted by Gasteiger charge is 2.03. The molecule has 3 aromatic rings. The molecule has 0 atom stereocenters. The van der Waals surface area contributed by atoms with Crippen LogP contribution in [-0.4, -0.2) is 16.6 Å². The molecule has 0 aliphatic heterocycles. The van der Waals surface area contributed by atoms with E-state index in [1.807, 2.05) is 42.5 Å². The minimum absolute atomic E-state index is 0.565. The number of fused-ring (bicyclic) bond motifs is 2. The third-order valence-electron chi connectivity index (χ3n) is 7.18. The van der Waals surface area contributed by atoms with Gasteiger partial charge in [-0.05, 0) is 123 Å². The van der Waals surface area contributed by atoms with Crippen molar-refractivity contribution < 1.29 is 4.74 Å². The summed E-state index contributed by atoms with van der Waals surface area (Å²) in [7, 11) is 0. The molecule has 0 saturated heterocycles. The lowest BCUT2D eigenvalue weighted by molar-refractivity contribution is 0.362. The minimum Gasteiger partial charge on any atom is -0.489 e. The second kappa shape index (κ2) is 16.6. The van der Waals surface area contributed by atoms with E-state index in [9.17, 15) is 0 Å². The average molecular weight is 537 g/mol. The minimum atomic E-state index is 0.565. The Kier molecular flexibility index (Phi) is 12.9. The fraction of sp³-hybridized carbons (Fsp3) is 0.405. The second-order valence-electron chi connectivity index (χ2n) is 11.3. The van der Waals surface area contributed by atoms with Gasteiger partial charge in [-0.15, -0.1) is 0 Å². The number of allylic oxidation sites excluding steroid dienone is 9. The normalized spacial score (nSPS) is 13.2. The van der Waals surface area contributed by atoms with E-state index in [1.165, 1.54) is 40.7 Å². The molecule has 0 amide bonds. The first-order chi connectivity index (χ1) is 19.3. The number of aromatic nitrogens is 2. The maximum absolute atomic E-state index is 5.99. The molecule has 2 aromatic carbocycles. The van der Waals surface area contributed by atoms with Crippen molar-refractivity contribution in [2.75, 3.05) is 6.61 Å². The van der Waals surface area contributed by atoms with Crippen molar-refractivity contribution in [2.45, 2.75) is 92.9 Å². The molecule has 212 valence electrons. The van der Waals surface area contributed by atoms with Crippen LogP contribution >= 0.6 is 0 Å². The first kappa shape index (κ1) is 31.1. The summed E-state index contributed by atoms with van der Waals surface area (Å²) in [5.41, 5.74) is 10.8. The van der Waals surface area contributed by atoms with Gasteiger partial charge in [0.15, 0.2) is 0 Å². The van der Waals surface area contributed by atoms with Crippen molar-refractivity contribution in [3.63, 3.8) is 0 Å². The first-order valence-corrected chi connectivity index (χ1v) is 14.9. The lowest BCUT2D eigenvalue weighted by Crippen LogP contribution is -1.96. The Hall–Kier alpha value is -3.46. The van der Waals surface area contributed by atoms with Crippen molar-refractivity contribution in [1.29, 1.82) is 0 Å². The molecule has 0 aliphatic rings. The Morgan fingerprint density at radius 2 is 1.00 bits per heavy atom. The zero-order chi connectivity index (χ0) is 28.7. The third kappa shape index (κ3) is 11.3. The van der Waals surface area contributed by atoms with Crippen LogP contribution in [0.4, 0.5) is 0 Å². The van der Waals surface area contributed by atoms with E-state index in [4.69, 9.17) is 9.72 Å². The molecule has 0 unspecified atom stereocenters. The highest BCUT2D eigenvalue weighted by atomic mass is 16.5. The van der Waals surface area contributed by atoms with E-state index < -0.39 is 0 Å². The van der Waals surface area contributed by atoms with Crippen LogP contribution in [0.25, 0.3) is 22.1 Å². The van der Waals surface area contributed by atoms with Crippen LogP contribution in [0.2, 0.25) is 0 Å². The Morgan fingerprint density at radius 1 is 0.550 bits per heavy atom. The van der Waals surface area contributed by atoms with E-state index in [-0.39, 0.29) is 0 Å². The van der Waals surface area contributed by atoms with Gasteiger partial charge in [-0.2, -0.15) is 0 Å². The SMILES string of the molecule is CC(C)=CCC/C(C)=C/CC/C(C)=C/CC/C(C)=C/CC/C(C)=C/COc1ccc2nc3ccccc3nc2c1. The molecule has 0 saturated carbocycles. The van der Waals surface area contributed by atoms with Gasteiger partial charge in [0.05, 0.1) is 22.1 Å². The average Bonchev–Trinajstić information content (AvgIpc) is 2.91. The number of benzene rings is 2. The number of nitrogens with zero attached hydrogens (tertiary/aromatic N) is 2. The Bertz CT molecular complexity index is 1400. The number of para-hydroxylation sites is 2. The van der Waals surface area contributed by atoms with Gasteiger partial charge in [0.1, 0.15) is 12.4 Å². The van der Waals surface area contributed by atoms with Crippen LogP contribution in [0.15, 0.2) is 101 Å². The smallest absolute Gasteiger partial charge is 0.122 e.